The molecule has 0 spiro atoms. The third-order valence-electron chi connectivity index (χ3n) is 3.33. The van der Waals surface area contributed by atoms with Crippen LogP contribution in [0.25, 0.3) is 0 Å². The van der Waals surface area contributed by atoms with Crippen molar-refractivity contribution < 1.29 is 0 Å². The van der Waals surface area contributed by atoms with Gasteiger partial charge in [-0.25, -0.2) is 0 Å². The number of aromatic nitrogens is 2. The van der Waals surface area contributed by atoms with Gasteiger partial charge in [0.15, 0.2) is 5.82 Å². The molecule has 1 aromatic heterocycles. The van der Waals surface area contributed by atoms with Gasteiger partial charge in [0.1, 0.15) is 4.99 Å². The van der Waals surface area contributed by atoms with Gasteiger partial charge in [0.25, 0.3) is 0 Å². The minimum absolute atomic E-state index is 0.355. The van der Waals surface area contributed by atoms with Crippen LogP contribution in [0.5, 0.6) is 0 Å². The highest BCUT2D eigenvalue weighted by Gasteiger charge is 2.22. The van der Waals surface area contributed by atoms with E-state index in [1.54, 1.807) is 6.20 Å². The van der Waals surface area contributed by atoms with E-state index in [9.17, 15) is 0 Å². The molecule has 1 aliphatic heterocycles. The molecule has 0 radical (unpaired) electrons. The second kappa shape index (κ2) is 4.93. The van der Waals surface area contributed by atoms with Crippen LogP contribution in [0.4, 0.5) is 11.5 Å². The van der Waals surface area contributed by atoms with E-state index in [4.69, 9.17) is 18.0 Å². The molecule has 0 bridgehead atoms. The summed E-state index contributed by atoms with van der Waals surface area (Å²) >= 11 is 5.10. The van der Waals surface area contributed by atoms with Crippen LogP contribution < -0.4 is 10.6 Å². The lowest BCUT2D eigenvalue weighted by molar-refractivity contribution is 0.752. The van der Waals surface area contributed by atoms with Gasteiger partial charge >= 0.3 is 0 Å². The topological polar surface area (TPSA) is 55.0 Å². The number of aryl methyl sites for hydroxylation is 1. The number of para-hydroxylation sites is 1. The Balaban J connectivity index is 2.12. The normalized spacial score (nSPS) is 14.0. The molecule has 0 unspecified atom stereocenters. The lowest BCUT2D eigenvalue weighted by atomic mass is 10.0. The summed E-state index contributed by atoms with van der Waals surface area (Å²) in [5.41, 5.74) is 9.06. The largest absolute Gasteiger partial charge is 0.389 e. The minimum Gasteiger partial charge on any atom is -0.389 e. The molecule has 5 heteroatoms. The predicted molar refractivity (Wildman–Crippen MR) is 79.7 cm³/mol. The highest BCUT2D eigenvalue weighted by molar-refractivity contribution is 7.80. The molecule has 0 saturated heterocycles. The molecule has 19 heavy (non-hydrogen) atoms. The monoisotopic (exact) mass is 270 g/mol. The number of rotatable bonds is 2. The molecule has 1 aromatic carbocycles. The van der Waals surface area contributed by atoms with E-state index in [1.807, 2.05) is 12.1 Å². The van der Waals surface area contributed by atoms with Crippen molar-refractivity contribution in [3.05, 3.63) is 47.7 Å². The van der Waals surface area contributed by atoms with Crippen LogP contribution in [0.15, 0.2) is 36.5 Å². The van der Waals surface area contributed by atoms with Crippen LogP contribution in [0.2, 0.25) is 0 Å². The summed E-state index contributed by atoms with van der Waals surface area (Å²) in [6.45, 7) is 0.908. The molecular formula is C14H14N4S. The molecular weight excluding hydrogens is 256 g/mol. The third kappa shape index (κ3) is 2.17. The Morgan fingerprint density at radius 3 is 2.95 bits per heavy atom. The van der Waals surface area contributed by atoms with E-state index in [2.05, 4.69) is 33.3 Å². The number of fused-ring (bicyclic) bond motifs is 1. The van der Waals surface area contributed by atoms with Gasteiger partial charge in [0, 0.05) is 12.2 Å². The maximum atomic E-state index is 5.78. The Bertz CT molecular complexity index is 626. The number of nitrogens with zero attached hydrogens (tertiary/aromatic N) is 3. The highest BCUT2D eigenvalue weighted by Crippen LogP contribution is 2.33. The standard InChI is InChI=1S/C14H14N4S/c15-13(19)11-7-8-16-17-14(11)18-9-3-5-10-4-1-2-6-12(10)18/h1-2,4,6-8H,3,5,9H2,(H2,15,19). The summed E-state index contributed by atoms with van der Waals surface area (Å²) < 4.78 is 0. The molecule has 2 heterocycles. The zero-order valence-corrected chi connectivity index (χ0v) is 11.2. The van der Waals surface area contributed by atoms with Crippen molar-refractivity contribution in [3.8, 4) is 0 Å². The molecule has 0 saturated carbocycles. The van der Waals surface area contributed by atoms with Crippen molar-refractivity contribution in [2.75, 3.05) is 11.4 Å². The van der Waals surface area contributed by atoms with Crippen LogP contribution in [0, 0.1) is 0 Å². The molecule has 0 atom stereocenters. The summed E-state index contributed by atoms with van der Waals surface area (Å²) in [6.07, 6.45) is 3.80. The van der Waals surface area contributed by atoms with Crippen molar-refractivity contribution in [2.24, 2.45) is 5.73 Å². The van der Waals surface area contributed by atoms with Gasteiger partial charge in [-0.3, -0.25) is 0 Å². The Labute approximate surface area is 117 Å². The fourth-order valence-electron chi connectivity index (χ4n) is 2.47. The molecule has 0 fully saturated rings. The fraction of sp³-hybridized carbons (Fsp3) is 0.214. The highest BCUT2D eigenvalue weighted by atomic mass is 32.1. The Morgan fingerprint density at radius 1 is 1.26 bits per heavy atom. The first kappa shape index (κ1) is 12.0. The predicted octanol–water partition coefficient (Wildman–Crippen LogP) is 2.20. The van der Waals surface area contributed by atoms with Gasteiger partial charge in [-0.15, -0.1) is 5.10 Å². The molecule has 4 nitrogen and oxygen atoms in total. The smallest absolute Gasteiger partial charge is 0.165 e. The van der Waals surface area contributed by atoms with Crippen LogP contribution in [0.3, 0.4) is 0 Å². The maximum absolute atomic E-state index is 5.78. The van der Waals surface area contributed by atoms with E-state index in [0.29, 0.717) is 4.99 Å². The van der Waals surface area contributed by atoms with E-state index in [0.717, 1.165) is 30.8 Å². The summed E-state index contributed by atoms with van der Waals surface area (Å²) in [7, 11) is 0. The molecule has 96 valence electrons. The number of hydrogen-bond donors (Lipinski definition) is 1. The van der Waals surface area contributed by atoms with Crippen LogP contribution in [0.1, 0.15) is 17.5 Å². The average Bonchev–Trinajstić information content (AvgIpc) is 2.46. The van der Waals surface area contributed by atoms with Crippen molar-refractivity contribution in [1.82, 2.24) is 10.2 Å². The first-order valence-electron chi connectivity index (χ1n) is 6.24. The first-order chi connectivity index (χ1) is 9.27. The van der Waals surface area contributed by atoms with Gasteiger partial charge in [0.05, 0.1) is 11.8 Å². The van der Waals surface area contributed by atoms with E-state index < -0.39 is 0 Å². The summed E-state index contributed by atoms with van der Waals surface area (Å²) in [4.78, 5) is 2.51. The molecule has 2 N–H and O–H groups in total. The zero-order valence-electron chi connectivity index (χ0n) is 10.4. The third-order valence-corrected chi connectivity index (χ3v) is 3.55. The van der Waals surface area contributed by atoms with Crippen LogP contribution >= 0.6 is 12.2 Å². The maximum Gasteiger partial charge on any atom is 0.165 e. The van der Waals surface area contributed by atoms with Gasteiger partial charge in [-0.1, -0.05) is 30.4 Å². The summed E-state index contributed by atoms with van der Waals surface area (Å²) in [6, 6.07) is 10.2. The summed E-state index contributed by atoms with van der Waals surface area (Å²) in [5, 5.41) is 8.20. The van der Waals surface area contributed by atoms with Gasteiger partial charge in [-0.2, -0.15) is 5.10 Å². The lowest BCUT2D eigenvalue weighted by Gasteiger charge is -2.31. The van der Waals surface area contributed by atoms with Crippen molar-refractivity contribution in [1.29, 1.82) is 0 Å². The molecule has 2 aromatic rings. The minimum atomic E-state index is 0.355. The number of benzene rings is 1. The second-order valence-corrected chi connectivity index (χ2v) is 4.96. The van der Waals surface area contributed by atoms with E-state index in [1.165, 1.54) is 11.3 Å². The second-order valence-electron chi connectivity index (χ2n) is 4.52. The Hall–Kier alpha value is -2.01. The number of thiocarbonyl (C=S) groups is 1. The lowest BCUT2D eigenvalue weighted by Crippen LogP contribution is -2.28. The van der Waals surface area contributed by atoms with Crippen LogP contribution in [-0.2, 0) is 6.42 Å². The van der Waals surface area contributed by atoms with E-state index in [-0.39, 0.29) is 0 Å². The van der Waals surface area contributed by atoms with E-state index >= 15 is 0 Å². The summed E-state index contributed by atoms with van der Waals surface area (Å²) in [5.74, 6) is 0.752. The average molecular weight is 270 g/mol. The van der Waals surface area contributed by atoms with Gasteiger partial charge < -0.3 is 10.6 Å². The van der Waals surface area contributed by atoms with Gasteiger partial charge in [0.2, 0.25) is 0 Å². The van der Waals surface area contributed by atoms with Crippen molar-refractivity contribution in [3.63, 3.8) is 0 Å². The first-order valence-corrected chi connectivity index (χ1v) is 6.65. The van der Waals surface area contributed by atoms with Crippen LogP contribution in [-0.4, -0.2) is 21.7 Å². The quantitative estimate of drug-likeness (QED) is 0.848. The molecule has 1 aliphatic rings. The van der Waals surface area contributed by atoms with Crippen molar-refractivity contribution >= 4 is 28.7 Å². The Kier molecular flexibility index (Phi) is 3.13. The number of nitrogens with two attached hydrogens (primary N) is 1. The fourth-order valence-corrected chi connectivity index (χ4v) is 2.63. The Morgan fingerprint density at radius 2 is 2.11 bits per heavy atom. The molecule has 0 amide bonds. The van der Waals surface area contributed by atoms with Crippen molar-refractivity contribution in [2.45, 2.75) is 12.8 Å². The number of anilines is 2. The molecule has 3 rings (SSSR count). The SMILES string of the molecule is NC(=S)c1ccnnc1N1CCCc2ccccc21. The number of hydrogen-bond acceptors (Lipinski definition) is 4. The molecule has 0 aliphatic carbocycles. The zero-order chi connectivity index (χ0) is 13.2. The van der Waals surface area contributed by atoms with Gasteiger partial charge in [-0.05, 0) is 30.5 Å².